The first-order valence-corrected chi connectivity index (χ1v) is 12.5. The molecule has 1 aliphatic rings. The number of anilines is 1. The van der Waals surface area contributed by atoms with Gasteiger partial charge >= 0.3 is 0 Å². The van der Waals surface area contributed by atoms with Crippen LogP contribution in [0.2, 0.25) is 10.0 Å². The smallest absolute Gasteiger partial charge is 0.230 e. The van der Waals surface area contributed by atoms with Crippen LogP contribution in [0, 0.1) is 16.7 Å². The lowest BCUT2D eigenvalue weighted by molar-refractivity contribution is -0.128. The van der Waals surface area contributed by atoms with E-state index >= 15 is 0 Å². The van der Waals surface area contributed by atoms with E-state index in [4.69, 9.17) is 23.2 Å². The van der Waals surface area contributed by atoms with Crippen molar-refractivity contribution >= 4 is 51.7 Å². The molecule has 1 aromatic rings. The molecule has 30 heavy (non-hydrogen) atoms. The lowest BCUT2D eigenvalue weighted by Gasteiger charge is -2.36. The van der Waals surface area contributed by atoms with Gasteiger partial charge in [-0.15, -0.1) is 0 Å². The second-order valence-electron chi connectivity index (χ2n) is 9.98. The molecule has 2 rings (SSSR count). The summed E-state index contributed by atoms with van der Waals surface area (Å²) in [6, 6.07) is 3.35. The van der Waals surface area contributed by atoms with Crippen LogP contribution < -0.4 is 5.32 Å². The van der Waals surface area contributed by atoms with Gasteiger partial charge in [-0.1, -0.05) is 89.9 Å². The number of thioether (sulfide) groups is 1. The first kappa shape index (κ1) is 25.5. The number of hydrogen-bond acceptors (Lipinski definition) is 3. The van der Waals surface area contributed by atoms with Crippen LogP contribution in [0.5, 0.6) is 0 Å². The van der Waals surface area contributed by atoms with Crippen molar-refractivity contribution in [2.75, 3.05) is 5.32 Å². The summed E-state index contributed by atoms with van der Waals surface area (Å²) in [5.74, 6) is 0.685. The van der Waals surface area contributed by atoms with Gasteiger partial charge in [0, 0.05) is 15.7 Å². The van der Waals surface area contributed by atoms with Crippen LogP contribution in [-0.2, 0) is 9.59 Å². The average molecular weight is 473 g/mol. The summed E-state index contributed by atoms with van der Waals surface area (Å²) in [5.41, 5.74) is -0.264. The van der Waals surface area contributed by atoms with Gasteiger partial charge in [-0.2, -0.15) is 0 Å². The highest BCUT2D eigenvalue weighted by atomic mass is 35.5. The molecule has 1 amide bonds. The minimum Gasteiger partial charge on any atom is -0.325 e. The highest BCUT2D eigenvalue weighted by Crippen LogP contribution is 2.44. The molecule has 1 saturated carbocycles. The Morgan fingerprint density at radius 2 is 1.70 bits per heavy atom. The number of hydrogen-bond donors (Lipinski definition) is 1. The normalized spacial score (nSPS) is 16.5. The van der Waals surface area contributed by atoms with Crippen LogP contribution in [0.1, 0.15) is 86.0 Å². The Morgan fingerprint density at radius 3 is 2.27 bits per heavy atom. The maximum atomic E-state index is 13.5. The zero-order valence-electron chi connectivity index (χ0n) is 18.9. The lowest BCUT2D eigenvalue weighted by atomic mass is 9.70. The van der Waals surface area contributed by atoms with Crippen molar-refractivity contribution in [1.29, 1.82) is 0 Å². The van der Waals surface area contributed by atoms with E-state index in [2.05, 4.69) is 19.2 Å². The Morgan fingerprint density at radius 1 is 1.10 bits per heavy atom. The van der Waals surface area contributed by atoms with Gasteiger partial charge in [-0.25, -0.2) is 0 Å². The zero-order chi connectivity index (χ0) is 22.5. The van der Waals surface area contributed by atoms with Crippen LogP contribution in [0.25, 0.3) is 0 Å². The minimum atomic E-state index is -0.500. The maximum Gasteiger partial charge on any atom is 0.230 e. The maximum absolute atomic E-state index is 13.5. The number of benzene rings is 1. The molecule has 0 bridgehead atoms. The predicted molar refractivity (Wildman–Crippen MR) is 130 cm³/mol. The van der Waals surface area contributed by atoms with Gasteiger partial charge in [0.1, 0.15) is 0 Å². The van der Waals surface area contributed by atoms with E-state index < -0.39 is 5.41 Å². The molecule has 0 spiro atoms. The van der Waals surface area contributed by atoms with E-state index in [0.29, 0.717) is 26.5 Å². The summed E-state index contributed by atoms with van der Waals surface area (Å²) in [4.78, 5) is 26.8. The molecule has 0 aromatic heterocycles. The molecule has 6 heteroatoms. The Balaban J connectivity index is 2.28. The van der Waals surface area contributed by atoms with E-state index in [1.807, 2.05) is 20.8 Å². The van der Waals surface area contributed by atoms with Crippen molar-refractivity contribution in [1.82, 2.24) is 0 Å². The monoisotopic (exact) mass is 471 g/mol. The van der Waals surface area contributed by atoms with E-state index in [1.165, 1.54) is 6.42 Å². The first-order chi connectivity index (χ1) is 13.9. The fourth-order valence-corrected chi connectivity index (χ4v) is 5.18. The van der Waals surface area contributed by atoms with Crippen LogP contribution in [0.3, 0.4) is 0 Å². The highest BCUT2D eigenvalue weighted by molar-refractivity contribution is 8.13. The third kappa shape index (κ3) is 6.90. The molecular formula is C24H35Cl2NO2S. The van der Waals surface area contributed by atoms with Crippen LogP contribution in [0.4, 0.5) is 5.69 Å². The quantitative estimate of drug-likeness (QED) is 0.406. The molecule has 1 N–H and O–H groups in total. The molecule has 1 fully saturated rings. The average Bonchev–Trinajstić information content (AvgIpc) is 2.65. The second-order valence-corrected chi connectivity index (χ2v) is 11.8. The molecule has 168 valence electrons. The standard InChI is InChI=1S/C24H35Cl2NO2S/c1-16(2)10-9-13-24(11-7-6-8-12-24)21(28)27-19-14-17(25)18(26)15-20(19)30-22(29)23(3,4)5/h14-16H,6-13H2,1-5H3,(H,27,28). The topological polar surface area (TPSA) is 46.2 Å². The lowest BCUT2D eigenvalue weighted by Crippen LogP contribution is -2.38. The van der Waals surface area contributed by atoms with Gasteiger partial charge in [0.15, 0.2) is 5.12 Å². The highest BCUT2D eigenvalue weighted by Gasteiger charge is 2.39. The number of carbonyl (C=O) groups is 2. The Kier molecular flexibility index (Phi) is 9.15. The summed E-state index contributed by atoms with van der Waals surface area (Å²) in [7, 11) is 0. The fraction of sp³-hybridized carbons (Fsp3) is 0.667. The third-order valence-corrected chi connectivity index (χ3v) is 7.89. The van der Waals surface area contributed by atoms with Crippen molar-refractivity contribution in [2.45, 2.75) is 90.9 Å². The fourth-order valence-electron chi connectivity index (χ4n) is 3.89. The summed E-state index contributed by atoms with van der Waals surface area (Å²) in [6.07, 6.45) is 8.28. The first-order valence-electron chi connectivity index (χ1n) is 11.0. The molecule has 0 saturated heterocycles. The molecule has 0 atom stereocenters. The van der Waals surface area contributed by atoms with Gasteiger partial charge in [0.2, 0.25) is 5.91 Å². The van der Waals surface area contributed by atoms with Crippen molar-refractivity contribution in [3.63, 3.8) is 0 Å². The Labute approximate surface area is 196 Å². The second kappa shape index (κ2) is 10.7. The van der Waals surface area contributed by atoms with Crippen LogP contribution in [0.15, 0.2) is 17.0 Å². The van der Waals surface area contributed by atoms with Gasteiger partial charge in [0.25, 0.3) is 0 Å². The molecule has 3 nitrogen and oxygen atoms in total. The molecule has 0 aliphatic heterocycles. The van der Waals surface area contributed by atoms with Crippen molar-refractivity contribution in [2.24, 2.45) is 16.7 Å². The van der Waals surface area contributed by atoms with Crippen molar-refractivity contribution < 1.29 is 9.59 Å². The number of carbonyl (C=O) groups excluding carboxylic acids is 2. The predicted octanol–water partition coefficient (Wildman–Crippen LogP) is 8.37. The number of amides is 1. The van der Waals surface area contributed by atoms with E-state index in [1.54, 1.807) is 12.1 Å². The molecular weight excluding hydrogens is 437 g/mol. The molecule has 0 unspecified atom stereocenters. The largest absolute Gasteiger partial charge is 0.325 e. The molecule has 0 radical (unpaired) electrons. The molecule has 0 heterocycles. The minimum absolute atomic E-state index is 0.0145. The third-order valence-electron chi connectivity index (χ3n) is 5.81. The Hall–Kier alpha value is -0.710. The summed E-state index contributed by atoms with van der Waals surface area (Å²) in [5, 5.41) is 3.89. The van der Waals surface area contributed by atoms with E-state index in [-0.39, 0.29) is 16.4 Å². The van der Waals surface area contributed by atoms with Gasteiger partial charge in [0.05, 0.1) is 15.7 Å². The number of nitrogens with one attached hydrogen (secondary N) is 1. The SMILES string of the molecule is CC(C)CCCC1(C(=O)Nc2cc(Cl)c(Cl)cc2SC(=O)C(C)(C)C)CCCCC1. The summed E-state index contributed by atoms with van der Waals surface area (Å²) in [6.45, 7) is 10.1. The van der Waals surface area contributed by atoms with Crippen molar-refractivity contribution in [3.8, 4) is 0 Å². The van der Waals surface area contributed by atoms with E-state index in [0.717, 1.165) is 56.7 Å². The summed E-state index contributed by atoms with van der Waals surface area (Å²) < 4.78 is 0. The zero-order valence-corrected chi connectivity index (χ0v) is 21.2. The molecule has 1 aliphatic carbocycles. The Bertz CT molecular complexity index is 765. The number of halogens is 2. The van der Waals surface area contributed by atoms with Crippen LogP contribution in [-0.4, -0.2) is 11.0 Å². The van der Waals surface area contributed by atoms with Crippen molar-refractivity contribution in [3.05, 3.63) is 22.2 Å². The van der Waals surface area contributed by atoms with Gasteiger partial charge in [-0.05, 0) is 49.1 Å². The van der Waals surface area contributed by atoms with E-state index in [9.17, 15) is 9.59 Å². The van der Waals surface area contributed by atoms with Crippen LogP contribution >= 0.6 is 35.0 Å². The molecule has 1 aromatic carbocycles. The van der Waals surface area contributed by atoms with Gasteiger partial charge < -0.3 is 5.32 Å². The van der Waals surface area contributed by atoms with Gasteiger partial charge in [-0.3, -0.25) is 9.59 Å². The number of rotatable bonds is 7. The summed E-state index contributed by atoms with van der Waals surface area (Å²) >= 11 is 13.6.